The third-order valence-electron chi connectivity index (χ3n) is 6.47. The van der Waals surface area contributed by atoms with Crippen LogP contribution in [0.25, 0.3) is 22.3 Å². The molecule has 10 nitrogen and oxygen atoms in total. The van der Waals surface area contributed by atoms with E-state index in [1.165, 1.54) is 6.07 Å². The van der Waals surface area contributed by atoms with Gasteiger partial charge in [-0.15, -0.1) is 0 Å². The van der Waals surface area contributed by atoms with Crippen LogP contribution < -0.4 is 15.8 Å². The molecule has 0 spiro atoms. The topological polar surface area (TPSA) is 148 Å². The molecule has 1 saturated carbocycles. The molecule has 36 heavy (non-hydrogen) atoms. The highest BCUT2D eigenvalue weighted by Crippen LogP contribution is 2.32. The summed E-state index contributed by atoms with van der Waals surface area (Å²) < 4.78 is 26.5. The zero-order chi connectivity index (χ0) is 25.3. The molecule has 1 fully saturated rings. The zero-order valence-electron chi connectivity index (χ0n) is 19.9. The smallest absolute Gasteiger partial charge is 0.238 e. The fourth-order valence-corrected chi connectivity index (χ4v) is 5.31. The van der Waals surface area contributed by atoms with Gasteiger partial charge in [0.25, 0.3) is 0 Å². The molecular formula is C25H29N7O3S. The molecule has 0 saturated heterocycles. The number of aliphatic hydroxyl groups excluding tert-OH is 1. The van der Waals surface area contributed by atoms with Crippen molar-refractivity contribution >= 4 is 38.6 Å². The molecule has 4 aromatic rings. The average Bonchev–Trinajstić information content (AvgIpc) is 3.29. The van der Waals surface area contributed by atoms with E-state index in [1.54, 1.807) is 18.5 Å². The molecule has 0 aliphatic heterocycles. The van der Waals surface area contributed by atoms with E-state index in [9.17, 15) is 13.5 Å². The number of hydrogen-bond acceptors (Lipinski definition) is 8. The van der Waals surface area contributed by atoms with Gasteiger partial charge >= 0.3 is 0 Å². The van der Waals surface area contributed by atoms with E-state index in [0.717, 1.165) is 31.2 Å². The Morgan fingerprint density at radius 2 is 1.83 bits per heavy atom. The predicted molar refractivity (Wildman–Crippen MR) is 139 cm³/mol. The van der Waals surface area contributed by atoms with Crippen molar-refractivity contribution in [1.82, 2.24) is 19.5 Å². The number of benzene rings is 2. The van der Waals surface area contributed by atoms with Gasteiger partial charge in [0.15, 0.2) is 17.0 Å². The summed E-state index contributed by atoms with van der Waals surface area (Å²) in [6.45, 7) is 2.72. The number of nitrogens with two attached hydrogens (primary N) is 1. The van der Waals surface area contributed by atoms with Gasteiger partial charge in [0, 0.05) is 23.8 Å². The van der Waals surface area contributed by atoms with Crippen LogP contribution in [0.15, 0.2) is 59.8 Å². The van der Waals surface area contributed by atoms with Crippen molar-refractivity contribution in [3.8, 4) is 11.1 Å². The number of aryl methyl sites for hydroxylation is 1. The lowest BCUT2D eigenvalue weighted by molar-refractivity contribution is 0.126. The maximum atomic E-state index is 12.3. The van der Waals surface area contributed by atoms with Crippen LogP contribution in [0.4, 0.5) is 17.5 Å². The fourth-order valence-electron chi connectivity index (χ4n) is 4.57. The monoisotopic (exact) mass is 507 g/mol. The number of aliphatic hydroxyl groups is 1. The SMILES string of the molecule is CCn1cnc2c(Nc3ccc(S(N)(=O)=O)c(-c4ccccc4)c3)nc(NC3CCC(O)CC3)nc21. The van der Waals surface area contributed by atoms with Crippen LogP contribution in [0.1, 0.15) is 32.6 Å². The number of nitrogens with one attached hydrogen (secondary N) is 2. The minimum atomic E-state index is -3.93. The van der Waals surface area contributed by atoms with Crippen LogP contribution in [-0.4, -0.2) is 45.2 Å². The second-order valence-electron chi connectivity index (χ2n) is 9.00. The van der Waals surface area contributed by atoms with Crippen molar-refractivity contribution in [2.24, 2.45) is 5.14 Å². The lowest BCUT2D eigenvalue weighted by Crippen LogP contribution is -2.29. The molecule has 5 N–H and O–H groups in total. The van der Waals surface area contributed by atoms with E-state index in [-0.39, 0.29) is 17.0 Å². The first-order valence-corrected chi connectivity index (χ1v) is 13.5. The number of sulfonamides is 1. The molecule has 0 radical (unpaired) electrons. The lowest BCUT2D eigenvalue weighted by atomic mass is 9.93. The molecule has 0 bridgehead atoms. The van der Waals surface area contributed by atoms with Gasteiger partial charge in [-0.05, 0) is 56.4 Å². The van der Waals surface area contributed by atoms with Crippen LogP contribution in [-0.2, 0) is 16.6 Å². The first-order valence-electron chi connectivity index (χ1n) is 12.0. The standard InChI is InChI=1S/C25H29N7O3S/c1-2-32-15-27-22-23(30-25(31-24(22)32)29-17-8-11-19(33)12-9-17)28-18-10-13-21(36(26,34)35)20(14-18)16-6-4-3-5-7-16/h3-7,10,13-15,17,19,33H,2,8-9,11-12H2,1H3,(H2,26,34,35)(H2,28,29,30,31). The van der Waals surface area contributed by atoms with Gasteiger partial charge in [0.1, 0.15) is 0 Å². The molecule has 188 valence electrons. The number of hydrogen-bond donors (Lipinski definition) is 4. The van der Waals surface area contributed by atoms with Crippen molar-refractivity contribution in [3.63, 3.8) is 0 Å². The number of anilines is 3. The van der Waals surface area contributed by atoms with Crippen LogP contribution in [0.2, 0.25) is 0 Å². The van der Waals surface area contributed by atoms with Gasteiger partial charge in [0.2, 0.25) is 16.0 Å². The molecule has 2 aromatic heterocycles. The maximum Gasteiger partial charge on any atom is 0.238 e. The van der Waals surface area contributed by atoms with E-state index in [0.29, 0.717) is 40.7 Å². The number of imidazole rings is 1. The van der Waals surface area contributed by atoms with E-state index in [4.69, 9.17) is 15.1 Å². The first-order chi connectivity index (χ1) is 17.3. The Hall–Kier alpha value is -3.54. The van der Waals surface area contributed by atoms with Crippen molar-refractivity contribution in [2.75, 3.05) is 10.6 Å². The highest BCUT2D eigenvalue weighted by molar-refractivity contribution is 7.89. The van der Waals surface area contributed by atoms with E-state index in [1.807, 2.05) is 41.8 Å². The quantitative estimate of drug-likeness (QED) is 0.296. The van der Waals surface area contributed by atoms with Crippen molar-refractivity contribution < 1.29 is 13.5 Å². The van der Waals surface area contributed by atoms with Gasteiger partial charge < -0.3 is 20.3 Å². The molecule has 5 rings (SSSR count). The molecule has 0 unspecified atom stereocenters. The summed E-state index contributed by atoms with van der Waals surface area (Å²) in [5.74, 6) is 0.985. The number of primary sulfonamides is 1. The Morgan fingerprint density at radius 1 is 1.08 bits per heavy atom. The molecule has 1 aliphatic carbocycles. The normalized spacial score (nSPS) is 18.3. The number of nitrogens with zero attached hydrogens (tertiary/aromatic N) is 4. The third kappa shape index (κ3) is 5.03. The van der Waals surface area contributed by atoms with Crippen molar-refractivity contribution in [1.29, 1.82) is 0 Å². The number of rotatable bonds is 7. The van der Waals surface area contributed by atoms with Gasteiger partial charge in [-0.25, -0.2) is 18.5 Å². The molecule has 0 amide bonds. The summed E-state index contributed by atoms with van der Waals surface area (Å²) in [6.07, 6.45) is 4.66. The van der Waals surface area contributed by atoms with Crippen LogP contribution >= 0.6 is 0 Å². The molecule has 11 heteroatoms. The first kappa shape index (κ1) is 24.2. The Bertz CT molecular complexity index is 1480. The van der Waals surface area contributed by atoms with Crippen LogP contribution in [0, 0.1) is 0 Å². The minimum Gasteiger partial charge on any atom is -0.393 e. The van der Waals surface area contributed by atoms with Gasteiger partial charge in [-0.1, -0.05) is 30.3 Å². The van der Waals surface area contributed by atoms with Crippen molar-refractivity contribution in [3.05, 3.63) is 54.9 Å². The second kappa shape index (κ2) is 9.84. The van der Waals surface area contributed by atoms with Crippen molar-refractivity contribution in [2.45, 2.75) is 56.2 Å². The Labute approximate surface area is 209 Å². The Balaban J connectivity index is 1.54. The maximum absolute atomic E-state index is 12.3. The summed E-state index contributed by atoms with van der Waals surface area (Å²) in [4.78, 5) is 14.0. The fraction of sp³-hybridized carbons (Fsp3) is 0.320. The lowest BCUT2D eigenvalue weighted by Gasteiger charge is -2.26. The summed E-state index contributed by atoms with van der Waals surface area (Å²) in [5, 5.41) is 22.1. The average molecular weight is 508 g/mol. The van der Waals surface area contributed by atoms with E-state index >= 15 is 0 Å². The highest BCUT2D eigenvalue weighted by atomic mass is 32.2. The summed E-state index contributed by atoms with van der Waals surface area (Å²) in [5.41, 5.74) is 3.16. The van der Waals surface area contributed by atoms with Gasteiger partial charge in [-0.3, -0.25) is 0 Å². The molecule has 1 aliphatic rings. The van der Waals surface area contributed by atoms with Gasteiger partial charge in [0.05, 0.1) is 17.3 Å². The van der Waals surface area contributed by atoms with Gasteiger partial charge in [-0.2, -0.15) is 9.97 Å². The third-order valence-corrected chi connectivity index (χ3v) is 7.44. The minimum absolute atomic E-state index is 0.0455. The summed E-state index contributed by atoms with van der Waals surface area (Å²) >= 11 is 0. The second-order valence-corrected chi connectivity index (χ2v) is 10.5. The Kier molecular flexibility index (Phi) is 6.61. The molecule has 0 atom stereocenters. The highest BCUT2D eigenvalue weighted by Gasteiger charge is 2.22. The van der Waals surface area contributed by atoms with E-state index < -0.39 is 10.0 Å². The Morgan fingerprint density at radius 3 is 2.53 bits per heavy atom. The van der Waals surface area contributed by atoms with Crippen LogP contribution in [0.3, 0.4) is 0 Å². The zero-order valence-corrected chi connectivity index (χ0v) is 20.7. The predicted octanol–water partition coefficient (Wildman–Crippen LogP) is 3.62. The number of fused-ring (bicyclic) bond motifs is 1. The summed E-state index contributed by atoms with van der Waals surface area (Å²) in [6, 6.07) is 14.3. The van der Waals surface area contributed by atoms with Crippen LogP contribution in [0.5, 0.6) is 0 Å². The summed E-state index contributed by atoms with van der Waals surface area (Å²) in [7, 11) is -3.93. The molecular weight excluding hydrogens is 478 g/mol. The molecule has 2 heterocycles. The molecule has 2 aromatic carbocycles. The van der Waals surface area contributed by atoms with E-state index in [2.05, 4.69) is 15.6 Å². The largest absolute Gasteiger partial charge is 0.393 e. The number of aromatic nitrogens is 4.